The third-order valence-corrected chi connectivity index (χ3v) is 5.38. The molecule has 3 rings (SSSR count). The topological polar surface area (TPSA) is 25.2 Å². The molecule has 1 aliphatic carbocycles. The second kappa shape index (κ2) is 6.79. The van der Waals surface area contributed by atoms with Crippen LogP contribution in [0.3, 0.4) is 0 Å². The molecule has 4 heteroatoms. The van der Waals surface area contributed by atoms with Gasteiger partial charge in [0, 0.05) is 4.88 Å². The molecule has 1 saturated carbocycles. The van der Waals surface area contributed by atoms with Crippen molar-refractivity contribution in [3.63, 3.8) is 0 Å². The molecule has 108 valence electrons. The van der Waals surface area contributed by atoms with E-state index in [1.165, 1.54) is 37.0 Å². The molecule has 1 atom stereocenters. The SMILES string of the molecule is Clc1ccc(C(NCCC2CCCC2)c2ccco2)s1. The van der Waals surface area contributed by atoms with E-state index >= 15 is 0 Å². The van der Waals surface area contributed by atoms with Crippen LogP contribution in [-0.4, -0.2) is 6.54 Å². The largest absolute Gasteiger partial charge is 0.467 e. The lowest BCUT2D eigenvalue weighted by Gasteiger charge is -2.17. The van der Waals surface area contributed by atoms with Crippen LogP contribution in [0.2, 0.25) is 4.34 Å². The highest BCUT2D eigenvalue weighted by atomic mass is 35.5. The van der Waals surface area contributed by atoms with Crippen LogP contribution in [0.15, 0.2) is 34.9 Å². The Hall–Kier alpha value is -0.770. The summed E-state index contributed by atoms with van der Waals surface area (Å²) in [5.41, 5.74) is 0. The zero-order chi connectivity index (χ0) is 13.8. The molecule has 20 heavy (non-hydrogen) atoms. The summed E-state index contributed by atoms with van der Waals surface area (Å²) in [4.78, 5) is 1.22. The molecule has 2 heterocycles. The Morgan fingerprint density at radius 2 is 2.15 bits per heavy atom. The Bertz CT molecular complexity index is 516. The van der Waals surface area contributed by atoms with Crippen molar-refractivity contribution in [1.29, 1.82) is 0 Å². The van der Waals surface area contributed by atoms with Crippen LogP contribution in [0, 0.1) is 5.92 Å². The zero-order valence-corrected chi connectivity index (χ0v) is 13.1. The Balaban J connectivity index is 1.63. The van der Waals surface area contributed by atoms with E-state index in [-0.39, 0.29) is 6.04 Å². The van der Waals surface area contributed by atoms with Crippen LogP contribution in [0.4, 0.5) is 0 Å². The van der Waals surface area contributed by atoms with Crippen molar-refractivity contribution in [1.82, 2.24) is 5.32 Å². The number of furan rings is 1. The predicted octanol–water partition coefficient (Wildman–Crippen LogP) is 5.25. The van der Waals surface area contributed by atoms with E-state index in [1.807, 2.05) is 18.2 Å². The summed E-state index contributed by atoms with van der Waals surface area (Å²) in [7, 11) is 0. The van der Waals surface area contributed by atoms with E-state index in [2.05, 4.69) is 11.4 Å². The minimum Gasteiger partial charge on any atom is -0.467 e. The molecular weight excluding hydrogens is 290 g/mol. The minimum atomic E-state index is 0.129. The third-order valence-electron chi connectivity index (χ3n) is 4.08. The Morgan fingerprint density at radius 3 is 2.80 bits per heavy atom. The molecule has 2 aromatic rings. The highest BCUT2D eigenvalue weighted by molar-refractivity contribution is 7.16. The number of hydrogen-bond acceptors (Lipinski definition) is 3. The molecule has 0 aliphatic heterocycles. The molecule has 0 amide bonds. The van der Waals surface area contributed by atoms with Gasteiger partial charge in [0.05, 0.1) is 10.6 Å². The second-order valence-corrected chi connectivity index (χ2v) is 7.23. The maximum absolute atomic E-state index is 6.06. The molecule has 0 bridgehead atoms. The number of hydrogen-bond donors (Lipinski definition) is 1. The van der Waals surface area contributed by atoms with E-state index in [4.69, 9.17) is 16.0 Å². The fourth-order valence-electron chi connectivity index (χ4n) is 3.01. The highest BCUT2D eigenvalue weighted by Crippen LogP contribution is 2.32. The molecule has 1 N–H and O–H groups in total. The summed E-state index contributed by atoms with van der Waals surface area (Å²) in [5.74, 6) is 1.88. The van der Waals surface area contributed by atoms with Gasteiger partial charge < -0.3 is 9.73 Å². The van der Waals surface area contributed by atoms with Crippen molar-refractivity contribution in [2.24, 2.45) is 5.92 Å². The van der Waals surface area contributed by atoms with Crippen molar-refractivity contribution in [3.05, 3.63) is 45.5 Å². The van der Waals surface area contributed by atoms with E-state index in [9.17, 15) is 0 Å². The first kappa shape index (κ1) is 14.2. The van der Waals surface area contributed by atoms with Gasteiger partial charge in [0.15, 0.2) is 0 Å². The van der Waals surface area contributed by atoms with Crippen molar-refractivity contribution in [2.45, 2.75) is 38.1 Å². The van der Waals surface area contributed by atoms with Gasteiger partial charge in [0.25, 0.3) is 0 Å². The van der Waals surface area contributed by atoms with Crippen LogP contribution in [-0.2, 0) is 0 Å². The second-order valence-electron chi connectivity index (χ2n) is 5.48. The molecule has 1 aliphatic rings. The Morgan fingerprint density at radius 1 is 1.30 bits per heavy atom. The summed E-state index contributed by atoms with van der Waals surface area (Å²) in [5, 5.41) is 3.64. The fraction of sp³-hybridized carbons (Fsp3) is 0.500. The number of rotatable bonds is 6. The predicted molar refractivity (Wildman–Crippen MR) is 84.5 cm³/mol. The van der Waals surface area contributed by atoms with Gasteiger partial charge in [0.2, 0.25) is 0 Å². The summed E-state index contributed by atoms with van der Waals surface area (Å²) in [6.45, 7) is 1.03. The van der Waals surface area contributed by atoms with Gasteiger partial charge >= 0.3 is 0 Å². The van der Waals surface area contributed by atoms with Crippen molar-refractivity contribution < 1.29 is 4.42 Å². The molecule has 0 aromatic carbocycles. The van der Waals surface area contributed by atoms with Crippen LogP contribution in [0.1, 0.15) is 48.8 Å². The van der Waals surface area contributed by atoms with Crippen molar-refractivity contribution >= 4 is 22.9 Å². The monoisotopic (exact) mass is 309 g/mol. The Labute approximate surface area is 129 Å². The van der Waals surface area contributed by atoms with E-state index in [0.29, 0.717) is 0 Å². The van der Waals surface area contributed by atoms with E-state index < -0.39 is 0 Å². The average Bonchev–Trinajstić information content (AvgIpc) is 3.17. The molecular formula is C16H20ClNOS. The van der Waals surface area contributed by atoms with Gasteiger partial charge in [-0.05, 0) is 43.1 Å². The maximum atomic E-state index is 6.06. The standard InChI is InChI=1S/C16H20ClNOS/c17-15-8-7-14(20-15)16(13-6-3-11-19-13)18-10-9-12-4-1-2-5-12/h3,6-8,11-12,16,18H,1-2,4-5,9-10H2. The lowest BCUT2D eigenvalue weighted by molar-refractivity contribution is 0.420. The molecule has 2 nitrogen and oxygen atoms in total. The first-order chi connectivity index (χ1) is 9.83. The van der Waals surface area contributed by atoms with Crippen molar-refractivity contribution in [2.75, 3.05) is 6.54 Å². The molecule has 0 radical (unpaired) electrons. The van der Waals surface area contributed by atoms with E-state index in [1.54, 1.807) is 17.6 Å². The van der Waals surface area contributed by atoms with Crippen LogP contribution >= 0.6 is 22.9 Å². The van der Waals surface area contributed by atoms with Crippen LogP contribution in [0.25, 0.3) is 0 Å². The number of halogens is 1. The smallest absolute Gasteiger partial charge is 0.126 e. The molecule has 1 unspecified atom stereocenters. The maximum Gasteiger partial charge on any atom is 0.126 e. The lowest BCUT2D eigenvalue weighted by Crippen LogP contribution is -2.23. The number of thiophene rings is 1. The lowest BCUT2D eigenvalue weighted by atomic mass is 10.0. The van der Waals surface area contributed by atoms with Gasteiger partial charge in [-0.25, -0.2) is 0 Å². The average molecular weight is 310 g/mol. The quantitative estimate of drug-likeness (QED) is 0.788. The molecule has 0 spiro atoms. The molecule has 0 saturated heterocycles. The highest BCUT2D eigenvalue weighted by Gasteiger charge is 2.20. The normalized spacial score (nSPS) is 17.6. The van der Waals surface area contributed by atoms with Crippen molar-refractivity contribution in [3.8, 4) is 0 Å². The summed E-state index contributed by atoms with van der Waals surface area (Å²) in [6, 6.07) is 8.14. The minimum absolute atomic E-state index is 0.129. The third kappa shape index (κ3) is 3.46. The molecule has 2 aromatic heterocycles. The summed E-state index contributed by atoms with van der Waals surface area (Å²) < 4.78 is 6.41. The first-order valence-electron chi connectivity index (χ1n) is 7.35. The number of nitrogens with one attached hydrogen (secondary N) is 1. The van der Waals surface area contributed by atoms with Gasteiger partial charge in [0.1, 0.15) is 11.8 Å². The van der Waals surface area contributed by atoms with Crippen LogP contribution in [0.5, 0.6) is 0 Å². The first-order valence-corrected chi connectivity index (χ1v) is 8.54. The van der Waals surface area contributed by atoms with Gasteiger partial charge in [-0.15, -0.1) is 11.3 Å². The van der Waals surface area contributed by atoms with Gasteiger partial charge in [-0.3, -0.25) is 0 Å². The molecule has 1 fully saturated rings. The van der Waals surface area contributed by atoms with Gasteiger partial charge in [-0.2, -0.15) is 0 Å². The Kier molecular flexibility index (Phi) is 4.81. The van der Waals surface area contributed by atoms with Gasteiger partial charge in [-0.1, -0.05) is 37.3 Å². The van der Waals surface area contributed by atoms with Crippen LogP contribution < -0.4 is 5.32 Å². The summed E-state index contributed by atoms with van der Waals surface area (Å²) in [6.07, 6.45) is 8.61. The fourth-order valence-corrected chi connectivity index (χ4v) is 4.16. The summed E-state index contributed by atoms with van der Waals surface area (Å²) >= 11 is 7.68. The zero-order valence-electron chi connectivity index (χ0n) is 11.5. The van der Waals surface area contributed by atoms with E-state index in [0.717, 1.165) is 22.6 Å².